The van der Waals surface area contributed by atoms with Crippen molar-refractivity contribution < 1.29 is 13.2 Å². The molecule has 0 spiro atoms. The number of hydrogen-bond acceptors (Lipinski definition) is 3. The lowest BCUT2D eigenvalue weighted by molar-refractivity contribution is -0.119. The lowest BCUT2D eigenvalue weighted by atomic mass is 9.86. The summed E-state index contributed by atoms with van der Waals surface area (Å²) >= 11 is 0. The first kappa shape index (κ1) is 18.2. The van der Waals surface area contributed by atoms with Gasteiger partial charge in [-0.25, -0.2) is 8.42 Å². The second kappa shape index (κ2) is 6.96. The van der Waals surface area contributed by atoms with Crippen molar-refractivity contribution in [3.05, 3.63) is 42.5 Å². The van der Waals surface area contributed by atoms with E-state index in [-0.39, 0.29) is 17.9 Å². The number of carbonyl (C=O) groups excluding carboxylic acids is 1. The van der Waals surface area contributed by atoms with E-state index >= 15 is 0 Å². The van der Waals surface area contributed by atoms with E-state index < -0.39 is 10.0 Å². The normalized spacial score (nSPS) is 11.8. The molecule has 0 aromatic heterocycles. The monoisotopic (exact) mass is 324 g/mol. The molecule has 0 atom stereocenters. The van der Waals surface area contributed by atoms with E-state index in [0.717, 1.165) is 16.1 Å². The highest BCUT2D eigenvalue weighted by Gasteiger charge is 2.27. The maximum atomic E-state index is 12.1. The number of amides is 1. The van der Waals surface area contributed by atoms with Gasteiger partial charge < -0.3 is 5.32 Å². The Balaban J connectivity index is 3.26. The van der Waals surface area contributed by atoms with Gasteiger partial charge in [0.15, 0.2) is 0 Å². The quantitative estimate of drug-likeness (QED) is 0.815. The van der Waals surface area contributed by atoms with Crippen LogP contribution in [-0.2, 0) is 20.2 Å². The molecule has 5 nitrogen and oxygen atoms in total. The molecule has 122 valence electrons. The van der Waals surface area contributed by atoms with Crippen molar-refractivity contribution in [2.45, 2.75) is 26.2 Å². The highest BCUT2D eigenvalue weighted by atomic mass is 32.2. The first-order valence-corrected chi connectivity index (χ1v) is 8.87. The molecule has 0 fully saturated rings. The third kappa shape index (κ3) is 4.87. The number of rotatable bonds is 6. The van der Waals surface area contributed by atoms with E-state index in [1.165, 1.54) is 0 Å². The highest BCUT2D eigenvalue weighted by Crippen LogP contribution is 2.32. The largest absolute Gasteiger partial charge is 0.351 e. The van der Waals surface area contributed by atoms with Crippen LogP contribution in [0.2, 0.25) is 0 Å². The molecule has 0 radical (unpaired) electrons. The fraction of sp³-hybridized carbons (Fsp3) is 0.438. The summed E-state index contributed by atoms with van der Waals surface area (Å²) < 4.78 is 25.4. The molecule has 1 aromatic carbocycles. The van der Waals surface area contributed by atoms with Crippen LogP contribution in [0.1, 0.15) is 26.3 Å². The SMILES string of the molecule is C=CCNC(=O)CN(c1ccccc1C(C)(C)C)S(C)(=O)=O. The second-order valence-electron chi connectivity index (χ2n) is 6.13. The summed E-state index contributed by atoms with van der Waals surface area (Å²) in [4.78, 5) is 11.9. The summed E-state index contributed by atoms with van der Waals surface area (Å²) in [6.45, 7) is 9.58. The molecule has 1 rings (SSSR count). The molecule has 6 heteroatoms. The van der Waals surface area contributed by atoms with Crippen LogP contribution < -0.4 is 9.62 Å². The van der Waals surface area contributed by atoms with Gasteiger partial charge in [0.1, 0.15) is 6.54 Å². The summed E-state index contributed by atoms with van der Waals surface area (Å²) in [5, 5.41) is 2.60. The molecule has 0 aliphatic heterocycles. The number of carbonyl (C=O) groups is 1. The summed E-state index contributed by atoms with van der Waals surface area (Å²) in [6, 6.07) is 7.24. The van der Waals surface area contributed by atoms with Crippen molar-refractivity contribution in [2.75, 3.05) is 23.7 Å². The predicted molar refractivity (Wildman–Crippen MR) is 90.5 cm³/mol. The van der Waals surface area contributed by atoms with E-state index in [2.05, 4.69) is 11.9 Å². The van der Waals surface area contributed by atoms with E-state index in [4.69, 9.17) is 0 Å². The molecule has 0 heterocycles. The summed E-state index contributed by atoms with van der Waals surface area (Å²) in [5.74, 6) is -0.367. The maximum Gasteiger partial charge on any atom is 0.241 e. The first-order chi connectivity index (χ1) is 10.1. The van der Waals surface area contributed by atoms with Gasteiger partial charge in [0.2, 0.25) is 15.9 Å². The van der Waals surface area contributed by atoms with Crippen molar-refractivity contribution in [3.63, 3.8) is 0 Å². The lowest BCUT2D eigenvalue weighted by Crippen LogP contribution is -2.41. The third-order valence-corrected chi connectivity index (χ3v) is 4.24. The molecular weight excluding hydrogens is 300 g/mol. The minimum absolute atomic E-state index is 0.239. The Kier molecular flexibility index (Phi) is 5.77. The number of sulfonamides is 1. The summed E-state index contributed by atoms with van der Waals surface area (Å²) in [7, 11) is -3.57. The van der Waals surface area contributed by atoms with E-state index in [0.29, 0.717) is 12.2 Å². The second-order valence-corrected chi connectivity index (χ2v) is 8.04. The molecule has 22 heavy (non-hydrogen) atoms. The standard InChI is InChI=1S/C16H24N2O3S/c1-6-11-17-15(19)12-18(22(5,20)21)14-10-8-7-9-13(14)16(2,3)4/h6-10H,1,11-12H2,2-5H3,(H,17,19). The number of benzene rings is 1. The Bertz CT molecular complexity index is 646. The molecule has 0 saturated heterocycles. The molecule has 0 saturated carbocycles. The van der Waals surface area contributed by atoms with Crippen LogP contribution in [-0.4, -0.2) is 33.7 Å². The lowest BCUT2D eigenvalue weighted by Gasteiger charge is -2.29. The minimum Gasteiger partial charge on any atom is -0.351 e. The van der Waals surface area contributed by atoms with Gasteiger partial charge in [-0.05, 0) is 17.0 Å². The fourth-order valence-corrected chi connectivity index (χ4v) is 2.95. The molecular formula is C16H24N2O3S. The van der Waals surface area contributed by atoms with Gasteiger partial charge in [-0.2, -0.15) is 0 Å². The van der Waals surface area contributed by atoms with E-state index in [1.54, 1.807) is 18.2 Å². The van der Waals surface area contributed by atoms with Crippen molar-refractivity contribution in [3.8, 4) is 0 Å². The topological polar surface area (TPSA) is 66.5 Å². The number of para-hydroxylation sites is 1. The van der Waals surface area contributed by atoms with Gasteiger partial charge in [-0.15, -0.1) is 6.58 Å². The van der Waals surface area contributed by atoms with Crippen LogP contribution in [0, 0.1) is 0 Å². The minimum atomic E-state index is -3.57. The fourth-order valence-electron chi connectivity index (χ4n) is 2.08. The molecule has 1 aromatic rings. The first-order valence-electron chi connectivity index (χ1n) is 7.02. The zero-order chi connectivity index (χ0) is 17.0. The average molecular weight is 324 g/mol. The molecule has 0 aliphatic carbocycles. The number of hydrogen-bond donors (Lipinski definition) is 1. The third-order valence-electron chi connectivity index (χ3n) is 3.11. The van der Waals surface area contributed by atoms with Crippen molar-refractivity contribution in [1.29, 1.82) is 0 Å². The van der Waals surface area contributed by atoms with Crippen LogP contribution in [0.15, 0.2) is 36.9 Å². The van der Waals surface area contributed by atoms with Crippen LogP contribution in [0.4, 0.5) is 5.69 Å². The zero-order valence-electron chi connectivity index (χ0n) is 13.6. The predicted octanol–water partition coefficient (Wildman–Crippen LogP) is 2.05. The molecule has 0 aliphatic rings. The summed E-state index contributed by atoms with van der Waals surface area (Å²) in [5.41, 5.74) is 1.17. The average Bonchev–Trinajstić information content (AvgIpc) is 2.40. The maximum absolute atomic E-state index is 12.1. The molecule has 1 amide bonds. The number of nitrogens with zero attached hydrogens (tertiary/aromatic N) is 1. The highest BCUT2D eigenvalue weighted by molar-refractivity contribution is 7.92. The van der Waals surface area contributed by atoms with Gasteiger partial charge in [0.25, 0.3) is 0 Å². The molecule has 0 unspecified atom stereocenters. The van der Waals surface area contributed by atoms with Gasteiger partial charge in [-0.1, -0.05) is 45.0 Å². The van der Waals surface area contributed by atoms with Crippen molar-refractivity contribution in [1.82, 2.24) is 5.32 Å². The van der Waals surface area contributed by atoms with E-state index in [9.17, 15) is 13.2 Å². The summed E-state index contributed by atoms with van der Waals surface area (Å²) in [6.07, 6.45) is 2.65. The van der Waals surface area contributed by atoms with Crippen LogP contribution in [0.3, 0.4) is 0 Å². The van der Waals surface area contributed by atoms with Gasteiger partial charge in [-0.3, -0.25) is 9.10 Å². The molecule has 0 bridgehead atoms. The van der Waals surface area contributed by atoms with Crippen molar-refractivity contribution in [2.24, 2.45) is 0 Å². The Hall–Kier alpha value is -1.82. The number of nitrogens with one attached hydrogen (secondary N) is 1. The number of anilines is 1. The Labute approximate surface area is 133 Å². The van der Waals surface area contributed by atoms with E-state index in [1.807, 2.05) is 32.9 Å². The van der Waals surface area contributed by atoms with Gasteiger partial charge >= 0.3 is 0 Å². The van der Waals surface area contributed by atoms with Gasteiger partial charge in [0, 0.05) is 6.54 Å². The smallest absolute Gasteiger partial charge is 0.241 e. The van der Waals surface area contributed by atoms with Crippen LogP contribution >= 0.6 is 0 Å². The molecule has 1 N–H and O–H groups in total. The van der Waals surface area contributed by atoms with Crippen LogP contribution in [0.25, 0.3) is 0 Å². The van der Waals surface area contributed by atoms with Crippen LogP contribution in [0.5, 0.6) is 0 Å². The van der Waals surface area contributed by atoms with Gasteiger partial charge in [0.05, 0.1) is 11.9 Å². The Morgan fingerprint density at radius 2 is 1.91 bits per heavy atom. The zero-order valence-corrected chi connectivity index (χ0v) is 14.4. The Morgan fingerprint density at radius 3 is 2.41 bits per heavy atom. The Morgan fingerprint density at radius 1 is 1.32 bits per heavy atom. The van der Waals surface area contributed by atoms with Crippen molar-refractivity contribution >= 4 is 21.6 Å².